The van der Waals surface area contributed by atoms with Gasteiger partial charge in [-0.25, -0.2) is 0 Å². The van der Waals surface area contributed by atoms with E-state index >= 15 is 0 Å². The van der Waals surface area contributed by atoms with E-state index in [2.05, 4.69) is 173 Å². The van der Waals surface area contributed by atoms with Gasteiger partial charge in [-0.15, -0.1) is 0 Å². The normalized spacial score (nSPS) is 12.8. The molecule has 0 saturated carbocycles. The van der Waals surface area contributed by atoms with Crippen LogP contribution in [0, 0.1) is 34.0 Å². The van der Waals surface area contributed by atoms with Crippen LogP contribution in [-0.2, 0) is 5.41 Å². The Bertz CT molecular complexity index is 3970. The molecular formula is C60H36N6. The summed E-state index contributed by atoms with van der Waals surface area (Å²) >= 11 is 0. The van der Waals surface area contributed by atoms with Crippen molar-refractivity contribution in [3.63, 3.8) is 0 Å². The molecule has 0 aliphatic heterocycles. The predicted octanol–water partition coefficient (Wildman–Crippen LogP) is 14.6. The van der Waals surface area contributed by atoms with Crippen LogP contribution in [0.3, 0.4) is 0 Å². The Morgan fingerprint density at radius 3 is 1.27 bits per heavy atom. The molecule has 1 aliphatic rings. The predicted molar refractivity (Wildman–Crippen MR) is 267 cm³/mol. The number of hydrogen-bond donors (Lipinski definition) is 0. The van der Waals surface area contributed by atoms with Crippen LogP contribution in [0.25, 0.3) is 105 Å². The second-order valence-corrected chi connectivity index (χ2v) is 17.7. The van der Waals surface area contributed by atoms with Crippen molar-refractivity contribution in [3.05, 3.63) is 210 Å². The minimum Gasteiger partial charge on any atom is -0.307 e. The summed E-state index contributed by atoms with van der Waals surface area (Å²) in [5.74, 6) is 0. The molecule has 0 atom stereocenters. The number of aromatic nitrogens is 3. The number of benzene rings is 9. The first kappa shape index (κ1) is 37.4. The Labute approximate surface area is 379 Å². The Hall–Kier alpha value is -9.15. The molecule has 0 radical (unpaired) electrons. The van der Waals surface area contributed by atoms with E-state index in [0.717, 1.165) is 71.0 Å². The van der Waals surface area contributed by atoms with Crippen LogP contribution in [0.15, 0.2) is 182 Å². The second kappa shape index (κ2) is 13.7. The molecular weight excluding hydrogens is 805 g/mol. The maximum absolute atomic E-state index is 12.1. The van der Waals surface area contributed by atoms with E-state index in [0.29, 0.717) is 39.3 Å². The summed E-state index contributed by atoms with van der Waals surface area (Å²) in [5, 5.41) is 40.6. The highest BCUT2D eigenvalue weighted by Crippen LogP contribution is 2.54. The van der Waals surface area contributed by atoms with Crippen molar-refractivity contribution in [2.24, 2.45) is 0 Å². The number of para-hydroxylation sites is 5. The highest BCUT2D eigenvalue weighted by molar-refractivity contribution is 6.19. The third-order valence-electron chi connectivity index (χ3n) is 14.2. The van der Waals surface area contributed by atoms with E-state index in [1.807, 2.05) is 54.6 Å². The summed E-state index contributed by atoms with van der Waals surface area (Å²) in [4.78, 5) is 0. The zero-order valence-corrected chi connectivity index (χ0v) is 36.0. The van der Waals surface area contributed by atoms with Gasteiger partial charge < -0.3 is 13.7 Å². The van der Waals surface area contributed by atoms with Gasteiger partial charge in [-0.3, -0.25) is 0 Å². The minimum absolute atomic E-state index is 0.241. The Morgan fingerprint density at radius 1 is 0.364 bits per heavy atom. The van der Waals surface area contributed by atoms with Crippen LogP contribution < -0.4 is 0 Å². The van der Waals surface area contributed by atoms with Crippen molar-refractivity contribution in [1.82, 2.24) is 13.7 Å². The molecule has 66 heavy (non-hydrogen) atoms. The number of rotatable bonds is 4. The van der Waals surface area contributed by atoms with E-state index in [1.54, 1.807) is 0 Å². The lowest BCUT2D eigenvalue weighted by atomic mass is 9.82. The summed E-state index contributed by atoms with van der Waals surface area (Å²) < 4.78 is 6.64. The number of nitrogens with zero attached hydrogens (tertiary/aromatic N) is 6. The van der Waals surface area contributed by atoms with E-state index in [-0.39, 0.29) is 5.41 Å². The summed E-state index contributed by atoms with van der Waals surface area (Å²) in [6, 6.07) is 70.3. The van der Waals surface area contributed by atoms with Crippen molar-refractivity contribution in [2.75, 3.05) is 0 Å². The Balaban J connectivity index is 1.33. The van der Waals surface area contributed by atoms with Gasteiger partial charge in [0, 0.05) is 43.3 Å². The lowest BCUT2D eigenvalue weighted by molar-refractivity contribution is 0.661. The van der Waals surface area contributed by atoms with Crippen molar-refractivity contribution in [2.45, 2.75) is 19.3 Å². The lowest BCUT2D eigenvalue weighted by Crippen LogP contribution is -2.15. The zero-order valence-electron chi connectivity index (χ0n) is 36.0. The van der Waals surface area contributed by atoms with Gasteiger partial charge >= 0.3 is 0 Å². The molecule has 0 saturated heterocycles. The largest absolute Gasteiger partial charge is 0.307 e. The van der Waals surface area contributed by atoms with Gasteiger partial charge in [-0.05, 0) is 76.3 Å². The van der Waals surface area contributed by atoms with Gasteiger partial charge in [0.05, 0.1) is 61.8 Å². The van der Waals surface area contributed by atoms with Gasteiger partial charge in [0.1, 0.15) is 23.3 Å². The maximum atomic E-state index is 12.1. The molecule has 3 heterocycles. The average Bonchev–Trinajstić information content (AvgIpc) is 4.06. The number of fused-ring (bicyclic) bond motifs is 13. The van der Waals surface area contributed by atoms with Gasteiger partial charge in [-0.2, -0.15) is 15.8 Å². The first-order chi connectivity index (χ1) is 32.4. The van der Waals surface area contributed by atoms with Crippen molar-refractivity contribution >= 4 is 65.4 Å². The van der Waals surface area contributed by atoms with Crippen LogP contribution in [0.5, 0.6) is 0 Å². The Kier molecular flexibility index (Phi) is 7.75. The fourth-order valence-electron chi connectivity index (χ4n) is 11.4. The summed E-state index contributed by atoms with van der Waals surface area (Å²) in [5.41, 5.74) is 14.6. The van der Waals surface area contributed by atoms with Gasteiger partial charge in [0.25, 0.3) is 0 Å². The molecule has 1 aliphatic carbocycles. The highest BCUT2D eigenvalue weighted by Gasteiger charge is 2.38. The van der Waals surface area contributed by atoms with Gasteiger partial charge in [0.15, 0.2) is 0 Å². The minimum atomic E-state index is -0.241. The van der Waals surface area contributed by atoms with Crippen LogP contribution in [0.1, 0.15) is 41.7 Å². The molecule has 3 aromatic heterocycles. The summed E-state index contributed by atoms with van der Waals surface area (Å²) in [6.45, 7) is 4.59. The quantitative estimate of drug-likeness (QED) is 0.177. The van der Waals surface area contributed by atoms with E-state index in [1.165, 1.54) is 22.3 Å². The van der Waals surface area contributed by atoms with Crippen molar-refractivity contribution in [3.8, 4) is 57.5 Å². The highest BCUT2D eigenvalue weighted by atomic mass is 15.1. The van der Waals surface area contributed by atoms with Crippen LogP contribution in [0.2, 0.25) is 0 Å². The monoisotopic (exact) mass is 840 g/mol. The topological polar surface area (TPSA) is 86.2 Å². The van der Waals surface area contributed by atoms with Crippen LogP contribution in [0.4, 0.5) is 0 Å². The fourth-order valence-corrected chi connectivity index (χ4v) is 11.4. The first-order valence-corrected chi connectivity index (χ1v) is 22.1. The molecule has 0 spiro atoms. The molecule has 0 N–H and O–H groups in total. The zero-order chi connectivity index (χ0) is 44.4. The number of hydrogen-bond acceptors (Lipinski definition) is 3. The summed E-state index contributed by atoms with van der Waals surface area (Å²) in [7, 11) is 0. The average molecular weight is 841 g/mol. The first-order valence-electron chi connectivity index (χ1n) is 22.1. The molecule has 306 valence electrons. The van der Waals surface area contributed by atoms with Crippen LogP contribution in [-0.4, -0.2) is 13.7 Å². The Morgan fingerprint density at radius 2 is 0.788 bits per heavy atom. The number of nitriles is 3. The van der Waals surface area contributed by atoms with Gasteiger partial charge in [-0.1, -0.05) is 147 Å². The van der Waals surface area contributed by atoms with E-state index in [4.69, 9.17) is 0 Å². The molecule has 0 bridgehead atoms. The molecule has 6 heteroatoms. The van der Waals surface area contributed by atoms with Gasteiger partial charge in [0.2, 0.25) is 0 Å². The third-order valence-corrected chi connectivity index (χ3v) is 14.2. The molecule has 12 aromatic rings. The lowest BCUT2D eigenvalue weighted by Gasteiger charge is -2.26. The summed E-state index contributed by atoms with van der Waals surface area (Å²) in [6.07, 6.45) is 0. The van der Waals surface area contributed by atoms with E-state index < -0.39 is 0 Å². The molecule has 9 aromatic carbocycles. The van der Waals surface area contributed by atoms with Crippen molar-refractivity contribution < 1.29 is 0 Å². The van der Waals surface area contributed by atoms with E-state index in [9.17, 15) is 15.8 Å². The van der Waals surface area contributed by atoms with Crippen molar-refractivity contribution in [1.29, 1.82) is 15.8 Å². The second-order valence-electron chi connectivity index (χ2n) is 17.7. The maximum Gasteiger partial charge on any atom is 0.104 e. The molecule has 0 unspecified atom stereocenters. The SMILES string of the molecule is CC1(C)c2ccccc2-c2c1ccc1c2c2ccccc2n1-c1c(C#N)c(-n2c3ccccc3c3ccccc32)c(-c2ccc(C#N)cc2)c(-n2c3ccccc3c3ccccc32)c1C#N. The molecule has 0 fully saturated rings. The standard InChI is InChI=1S/C60H36N6/c1-60(2)46-21-9-3-19-42(46)55-47(60)31-32-53-56(55)43-20-8-14-26-52(43)66(53)57-44(34-62)58(64-48-22-10-4-15-38(48)39-16-5-11-23-49(39)64)54(37-29-27-36(33-61)28-30-37)59(45(57)35-63)65-50-24-12-6-17-40(50)41-18-7-13-25-51(41)65/h3-32H,1-2H3. The molecule has 0 amide bonds. The fraction of sp³-hybridized carbons (Fsp3) is 0.0500. The third kappa shape index (κ3) is 4.81. The molecule has 6 nitrogen and oxygen atoms in total. The molecule has 13 rings (SSSR count). The van der Waals surface area contributed by atoms with Crippen LogP contribution >= 0.6 is 0 Å². The smallest absolute Gasteiger partial charge is 0.104 e.